The van der Waals surface area contributed by atoms with Crippen molar-refractivity contribution in [1.29, 1.82) is 0 Å². The van der Waals surface area contributed by atoms with Gasteiger partial charge in [-0.3, -0.25) is 9.79 Å². The standard InChI is InChI=1S/C40H56N4O4S2/c1-37-13-15-49-50-35-10-12-38(31-16-24(20-42-2)5-6-25(31)22-46)11-9-27(40(35)34(38)21-43-36(41)44-40)7-8-29-32-18-28(37)17-26(23-47)30(4-3-14-45)39(32,37)19-33(29)48/h5-6,9,11,16,26-28,30,34-35,42,45-47H,3-4,7-8,10,12-15,17-23H2,1-2H3,(H3,41,43,44). The van der Waals surface area contributed by atoms with Crippen LogP contribution in [0, 0.1) is 40.4 Å². The van der Waals surface area contributed by atoms with Crippen molar-refractivity contribution in [2.75, 3.05) is 32.6 Å². The van der Waals surface area contributed by atoms with E-state index in [4.69, 9.17) is 10.7 Å². The summed E-state index contributed by atoms with van der Waals surface area (Å²) in [6, 6.07) is 6.55. The molecule has 0 amide bonds. The number of rotatable bonds is 8. The molecule has 8 rings (SSSR count). The van der Waals surface area contributed by atoms with Gasteiger partial charge in [-0.1, -0.05) is 64.4 Å². The summed E-state index contributed by atoms with van der Waals surface area (Å²) in [5, 5.41) is 38.8. The summed E-state index contributed by atoms with van der Waals surface area (Å²) in [5.74, 6) is 3.05. The molecule has 7 aliphatic rings. The average Bonchev–Trinajstić information content (AvgIpc) is 3.45. The minimum atomic E-state index is -0.342. The number of nitrogens with one attached hydrogen (secondary N) is 2. The number of carbonyl (C=O) groups excluding carboxylic acids is 1. The number of hydrogen-bond acceptors (Lipinski definition) is 10. The molecule has 10 heteroatoms. The predicted octanol–water partition coefficient (Wildman–Crippen LogP) is 5.01. The van der Waals surface area contributed by atoms with Crippen molar-refractivity contribution in [2.24, 2.45) is 51.1 Å². The number of nitrogens with two attached hydrogens (primary N) is 1. The molecule has 10 unspecified atom stereocenters. The summed E-state index contributed by atoms with van der Waals surface area (Å²) in [5.41, 5.74) is 11.7. The first-order valence-electron chi connectivity index (χ1n) is 19.1. The summed E-state index contributed by atoms with van der Waals surface area (Å²) in [6.07, 6.45) is 13.8. The molecule has 8 nitrogen and oxygen atoms in total. The Labute approximate surface area is 305 Å². The third-order valence-electron chi connectivity index (χ3n) is 15.1. The lowest BCUT2D eigenvalue weighted by Crippen LogP contribution is -2.75. The van der Waals surface area contributed by atoms with Crippen LogP contribution in [0.3, 0.4) is 0 Å². The van der Waals surface area contributed by atoms with Gasteiger partial charge in [-0.2, -0.15) is 0 Å². The number of aliphatic hydroxyl groups is 3. The molecular formula is C40H56N4O4S2. The summed E-state index contributed by atoms with van der Waals surface area (Å²) in [4.78, 5) is 19.3. The fourth-order valence-electron chi connectivity index (χ4n) is 13.0. The van der Waals surface area contributed by atoms with Crippen LogP contribution in [0.4, 0.5) is 0 Å². The number of guanidine groups is 1. The molecule has 0 saturated heterocycles. The van der Waals surface area contributed by atoms with Crippen molar-refractivity contribution in [3.8, 4) is 0 Å². The molecule has 2 heterocycles. The quantitative estimate of drug-likeness (QED) is 0.162. The van der Waals surface area contributed by atoms with Crippen molar-refractivity contribution in [2.45, 2.75) is 100 Å². The lowest BCUT2D eigenvalue weighted by atomic mass is 9.47. The summed E-state index contributed by atoms with van der Waals surface area (Å²) >= 11 is 0. The van der Waals surface area contributed by atoms with Crippen LogP contribution >= 0.6 is 21.6 Å². The molecule has 7 N–H and O–H groups in total. The Kier molecular flexibility index (Phi) is 9.33. The van der Waals surface area contributed by atoms with Gasteiger partial charge in [0.1, 0.15) is 0 Å². The van der Waals surface area contributed by atoms with Crippen LogP contribution in [-0.4, -0.2) is 70.4 Å². The van der Waals surface area contributed by atoms with Crippen LogP contribution in [-0.2, 0) is 23.4 Å². The van der Waals surface area contributed by atoms with E-state index in [0.29, 0.717) is 35.9 Å². The number of benzene rings is 1. The molecule has 2 spiro atoms. The third-order valence-corrected chi connectivity index (χ3v) is 18.1. The van der Waals surface area contributed by atoms with E-state index in [1.54, 1.807) is 0 Å². The van der Waals surface area contributed by atoms with E-state index < -0.39 is 0 Å². The molecule has 0 radical (unpaired) electrons. The maximum Gasteiger partial charge on any atom is 0.189 e. The van der Waals surface area contributed by atoms with Gasteiger partial charge in [0.15, 0.2) is 11.7 Å². The SMILES string of the molecule is CNCc1ccc(CO)c(C23C=CC4CCC5=C6CC7CC(CO)C(CCCO)C6(CC5=O)C7(C)CCSSC(CC2)C42NC(N)=NCC32)c1. The van der Waals surface area contributed by atoms with Gasteiger partial charge in [-0.05, 0) is 110 Å². The van der Waals surface area contributed by atoms with Crippen LogP contribution in [0.25, 0.3) is 0 Å². The molecular weight excluding hydrogens is 665 g/mol. The highest BCUT2D eigenvalue weighted by atomic mass is 33.1. The first-order chi connectivity index (χ1) is 24.2. The highest BCUT2D eigenvalue weighted by molar-refractivity contribution is 8.77. The minimum Gasteiger partial charge on any atom is -0.396 e. The second-order valence-electron chi connectivity index (χ2n) is 16.8. The zero-order valence-electron chi connectivity index (χ0n) is 29.8. The number of carbonyl (C=O) groups is 1. The van der Waals surface area contributed by atoms with E-state index in [2.05, 4.69) is 47.9 Å². The Morgan fingerprint density at radius 1 is 1.18 bits per heavy atom. The van der Waals surface area contributed by atoms with Crippen LogP contribution < -0.4 is 16.4 Å². The van der Waals surface area contributed by atoms with Gasteiger partial charge in [0.2, 0.25) is 0 Å². The molecule has 10 atom stereocenters. The fraction of sp³-hybridized carbons (Fsp3) is 0.700. The maximum atomic E-state index is 14.4. The number of ketones is 1. The highest BCUT2D eigenvalue weighted by Gasteiger charge is 2.70. The van der Waals surface area contributed by atoms with E-state index in [0.717, 1.165) is 81.2 Å². The van der Waals surface area contributed by atoms with Gasteiger partial charge < -0.3 is 31.7 Å². The molecule has 1 aromatic rings. The Balaban J connectivity index is 1.25. The van der Waals surface area contributed by atoms with Gasteiger partial charge in [-0.25, -0.2) is 0 Å². The average molecular weight is 721 g/mol. The molecule has 0 aromatic heterocycles. The van der Waals surface area contributed by atoms with Gasteiger partial charge in [0.05, 0.1) is 12.1 Å². The molecule has 2 aliphatic heterocycles. The Hall–Kier alpha value is -1.82. The zero-order valence-corrected chi connectivity index (χ0v) is 31.4. The smallest absolute Gasteiger partial charge is 0.189 e. The fourth-order valence-corrected chi connectivity index (χ4v) is 16.4. The largest absolute Gasteiger partial charge is 0.396 e. The second-order valence-corrected chi connectivity index (χ2v) is 19.4. The monoisotopic (exact) mass is 720 g/mol. The van der Waals surface area contributed by atoms with Crippen molar-refractivity contribution >= 4 is 33.3 Å². The maximum absolute atomic E-state index is 14.4. The number of allylic oxidation sites excluding steroid dienone is 3. The van der Waals surface area contributed by atoms with Crippen molar-refractivity contribution in [3.05, 3.63) is 58.2 Å². The normalized spacial score (nSPS) is 41.9. The number of hydrogen-bond donors (Lipinski definition) is 6. The van der Waals surface area contributed by atoms with Gasteiger partial charge in [0.25, 0.3) is 0 Å². The number of Topliss-reactive ketones (excluding diaryl/α,β-unsaturated/α-hetero) is 1. The predicted molar refractivity (Wildman–Crippen MR) is 203 cm³/mol. The Morgan fingerprint density at radius 2 is 2.04 bits per heavy atom. The minimum absolute atomic E-state index is 0.00157. The molecule has 1 aromatic carbocycles. The zero-order chi connectivity index (χ0) is 34.9. The van der Waals surface area contributed by atoms with E-state index >= 15 is 0 Å². The summed E-state index contributed by atoms with van der Waals surface area (Å²) < 4.78 is 0. The first kappa shape index (κ1) is 35.2. The Morgan fingerprint density at radius 3 is 2.82 bits per heavy atom. The van der Waals surface area contributed by atoms with E-state index in [-0.39, 0.29) is 65.3 Å². The van der Waals surface area contributed by atoms with Crippen LogP contribution in [0.15, 0.2) is 46.5 Å². The van der Waals surface area contributed by atoms with Crippen molar-refractivity contribution < 1.29 is 20.1 Å². The second kappa shape index (κ2) is 13.2. The lowest BCUT2D eigenvalue weighted by molar-refractivity contribution is -0.125. The summed E-state index contributed by atoms with van der Waals surface area (Å²) in [6.45, 7) is 4.19. The first-order valence-corrected chi connectivity index (χ1v) is 21.5. The van der Waals surface area contributed by atoms with Crippen LogP contribution in [0.5, 0.6) is 0 Å². The molecule has 3 fully saturated rings. The molecule has 50 heavy (non-hydrogen) atoms. The molecule has 3 saturated carbocycles. The number of aliphatic hydroxyl groups excluding tert-OH is 3. The van der Waals surface area contributed by atoms with Gasteiger partial charge in [-0.15, -0.1) is 0 Å². The molecule has 5 aliphatic carbocycles. The number of nitrogens with zero attached hydrogens (tertiary/aromatic N) is 1. The van der Waals surface area contributed by atoms with E-state index in [1.165, 1.54) is 16.7 Å². The van der Waals surface area contributed by atoms with Crippen molar-refractivity contribution in [3.63, 3.8) is 0 Å². The third kappa shape index (κ3) is 4.87. The summed E-state index contributed by atoms with van der Waals surface area (Å²) in [7, 11) is 6.03. The van der Waals surface area contributed by atoms with Crippen molar-refractivity contribution in [1.82, 2.24) is 10.6 Å². The highest BCUT2D eigenvalue weighted by Crippen LogP contribution is 2.76. The molecule has 272 valence electrons. The number of aliphatic imine (C=N–C) groups is 1. The Bertz CT molecular complexity index is 1610. The van der Waals surface area contributed by atoms with Gasteiger partial charge >= 0.3 is 0 Å². The van der Waals surface area contributed by atoms with E-state index in [9.17, 15) is 20.1 Å². The van der Waals surface area contributed by atoms with E-state index in [1.807, 2.05) is 28.6 Å². The lowest BCUT2D eigenvalue weighted by Gasteiger charge is -2.63. The topological polar surface area (TPSA) is 140 Å². The van der Waals surface area contributed by atoms with Crippen LogP contribution in [0.1, 0.15) is 87.8 Å². The van der Waals surface area contributed by atoms with Crippen LogP contribution in [0.2, 0.25) is 0 Å². The molecule has 7 bridgehead atoms. The van der Waals surface area contributed by atoms with Gasteiger partial charge in [0, 0.05) is 66.4 Å².